The summed E-state index contributed by atoms with van der Waals surface area (Å²) < 4.78 is 0. The van der Waals surface area contributed by atoms with Gasteiger partial charge in [-0.2, -0.15) is 0 Å². The number of benzene rings is 1. The Morgan fingerprint density at radius 3 is 2.54 bits per heavy atom. The first kappa shape index (κ1) is 19.1. The lowest BCUT2D eigenvalue weighted by Gasteiger charge is -2.33. The highest BCUT2D eigenvalue weighted by Crippen LogP contribution is 2.28. The third kappa shape index (κ3) is 4.90. The highest BCUT2D eigenvalue weighted by atomic mass is 35.5. The first-order valence-electron chi connectivity index (χ1n) is 8.16. The Hall–Kier alpha value is -1.20. The first-order valence-corrected chi connectivity index (χ1v) is 8.54. The zero-order valence-electron chi connectivity index (χ0n) is 13.9. The summed E-state index contributed by atoms with van der Waals surface area (Å²) in [7, 11) is 2.18. The molecule has 0 amide bonds. The number of hydrogen-bond donors (Lipinski definition) is 1. The lowest BCUT2D eigenvalue weighted by molar-refractivity contribution is 0.205. The summed E-state index contributed by atoms with van der Waals surface area (Å²) in [5.74, 6) is 0.729. The number of nitrogens with zero attached hydrogens (tertiary/aromatic N) is 3. The van der Waals surface area contributed by atoms with Crippen molar-refractivity contribution in [3.63, 3.8) is 0 Å². The highest BCUT2D eigenvalue weighted by Gasteiger charge is 2.24. The first-order chi connectivity index (χ1) is 11.2. The molecule has 1 atom stereocenters. The van der Waals surface area contributed by atoms with Crippen LogP contribution >= 0.6 is 24.0 Å². The summed E-state index contributed by atoms with van der Waals surface area (Å²) in [6.07, 6.45) is 7.81. The van der Waals surface area contributed by atoms with E-state index in [1.54, 1.807) is 12.4 Å². The van der Waals surface area contributed by atoms with Gasteiger partial charge < -0.3 is 5.32 Å². The van der Waals surface area contributed by atoms with E-state index in [1.165, 1.54) is 18.4 Å². The molecule has 1 unspecified atom stereocenters. The molecule has 0 saturated carbocycles. The molecule has 6 heteroatoms. The van der Waals surface area contributed by atoms with Crippen molar-refractivity contribution in [1.82, 2.24) is 20.2 Å². The summed E-state index contributed by atoms with van der Waals surface area (Å²) >= 11 is 6.05. The van der Waals surface area contributed by atoms with Crippen molar-refractivity contribution in [2.45, 2.75) is 18.9 Å². The monoisotopic (exact) mass is 366 g/mol. The van der Waals surface area contributed by atoms with E-state index in [1.807, 2.05) is 18.3 Å². The molecule has 0 bridgehead atoms. The molecule has 1 N–H and O–H groups in total. The maximum absolute atomic E-state index is 6.05. The van der Waals surface area contributed by atoms with Crippen LogP contribution in [-0.4, -0.2) is 41.5 Å². The third-order valence-electron chi connectivity index (χ3n) is 4.49. The third-order valence-corrected chi connectivity index (χ3v) is 4.75. The average molecular weight is 367 g/mol. The fraction of sp³-hybridized carbons (Fsp3) is 0.444. The molecule has 2 heterocycles. The van der Waals surface area contributed by atoms with Gasteiger partial charge in [-0.1, -0.05) is 23.7 Å². The van der Waals surface area contributed by atoms with Crippen LogP contribution in [0.25, 0.3) is 0 Å². The summed E-state index contributed by atoms with van der Waals surface area (Å²) in [4.78, 5) is 11.2. The molecule has 1 aliphatic rings. The highest BCUT2D eigenvalue weighted by molar-refractivity contribution is 6.30. The molecule has 3 rings (SSSR count). The second-order valence-electron chi connectivity index (χ2n) is 6.22. The van der Waals surface area contributed by atoms with Crippen LogP contribution in [0, 0.1) is 5.92 Å². The molecule has 1 fully saturated rings. The minimum Gasteiger partial charge on any atom is -0.317 e. The zero-order chi connectivity index (χ0) is 16.1. The van der Waals surface area contributed by atoms with Gasteiger partial charge in [-0.15, -0.1) is 12.4 Å². The van der Waals surface area contributed by atoms with Crippen molar-refractivity contribution >= 4 is 24.0 Å². The Kier molecular flexibility index (Phi) is 7.43. The SMILES string of the molecule is CN(CC1CCNCC1)C(c1ccc(Cl)cc1)c1cnccn1.Cl. The molecule has 1 aromatic heterocycles. The van der Waals surface area contributed by atoms with Crippen LogP contribution < -0.4 is 5.32 Å². The fourth-order valence-electron chi connectivity index (χ4n) is 3.32. The van der Waals surface area contributed by atoms with Crippen LogP contribution in [0.3, 0.4) is 0 Å². The van der Waals surface area contributed by atoms with E-state index in [0.29, 0.717) is 0 Å². The molecule has 1 saturated heterocycles. The Balaban J connectivity index is 0.00000208. The minimum absolute atomic E-state index is 0. The average Bonchev–Trinajstić information content (AvgIpc) is 2.59. The molecular weight excluding hydrogens is 343 g/mol. The van der Waals surface area contributed by atoms with Crippen LogP contribution in [0.4, 0.5) is 0 Å². The number of halogens is 2. The second-order valence-corrected chi connectivity index (χ2v) is 6.65. The van der Waals surface area contributed by atoms with E-state index in [-0.39, 0.29) is 18.4 Å². The van der Waals surface area contributed by atoms with E-state index in [0.717, 1.165) is 36.3 Å². The fourth-order valence-corrected chi connectivity index (χ4v) is 3.45. The molecule has 1 aromatic carbocycles. The molecular formula is C18H24Cl2N4. The van der Waals surface area contributed by atoms with Crippen LogP contribution in [0.15, 0.2) is 42.9 Å². The molecule has 0 spiro atoms. The van der Waals surface area contributed by atoms with Gasteiger partial charge in [-0.3, -0.25) is 14.9 Å². The molecule has 1 aliphatic heterocycles. The Morgan fingerprint density at radius 2 is 1.92 bits per heavy atom. The van der Waals surface area contributed by atoms with Crippen molar-refractivity contribution in [2.24, 2.45) is 5.92 Å². The van der Waals surface area contributed by atoms with E-state index in [4.69, 9.17) is 11.6 Å². The molecule has 130 valence electrons. The predicted molar refractivity (Wildman–Crippen MR) is 101 cm³/mol. The van der Waals surface area contributed by atoms with Crippen molar-refractivity contribution < 1.29 is 0 Å². The van der Waals surface area contributed by atoms with Crippen molar-refractivity contribution in [2.75, 3.05) is 26.7 Å². The molecule has 0 aliphatic carbocycles. The summed E-state index contributed by atoms with van der Waals surface area (Å²) in [6, 6.07) is 8.16. The van der Waals surface area contributed by atoms with Gasteiger partial charge in [0.05, 0.1) is 17.9 Å². The summed E-state index contributed by atoms with van der Waals surface area (Å²) in [6.45, 7) is 3.30. The van der Waals surface area contributed by atoms with Crippen molar-refractivity contribution in [1.29, 1.82) is 0 Å². The van der Waals surface area contributed by atoms with Gasteiger partial charge >= 0.3 is 0 Å². The summed E-state index contributed by atoms with van der Waals surface area (Å²) in [5.41, 5.74) is 2.18. The quantitative estimate of drug-likeness (QED) is 0.877. The Labute approximate surface area is 155 Å². The van der Waals surface area contributed by atoms with Gasteiger partial charge in [-0.05, 0) is 56.6 Å². The van der Waals surface area contributed by atoms with E-state index < -0.39 is 0 Å². The summed E-state index contributed by atoms with van der Waals surface area (Å²) in [5, 5.41) is 4.19. The molecule has 0 radical (unpaired) electrons. The normalized spacial score (nSPS) is 16.6. The lowest BCUT2D eigenvalue weighted by atomic mass is 9.95. The molecule has 24 heavy (non-hydrogen) atoms. The molecule has 2 aromatic rings. The van der Waals surface area contributed by atoms with Crippen molar-refractivity contribution in [3.8, 4) is 0 Å². The molecule has 4 nitrogen and oxygen atoms in total. The number of rotatable bonds is 5. The van der Waals surface area contributed by atoms with Gasteiger partial charge in [0.1, 0.15) is 0 Å². The van der Waals surface area contributed by atoms with Gasteiger partial charge in [0.2, 0.25) is 0 Å². The van der Waals surface area contributed by atoms with E-state index in [9.17, 15) is 0 Å². The zero-order valence-corrected chi connectivity index (χ0v) is 15.4. The number of aromatic nitrogens is 2. The van der Waals surface area contributed by atoms with Gasteiger partial charge in [-0.25, -0.2) is 0 Å². The minimum atomic E-state index is 0. The van der Waals surface area contributed by atoms with Gasteiger partial charge in [0, 0.05) is 24.0 Å². The smallest absolute Gasteiger partial charge is 0.0803 e. The largest absolute Gasteiger partial charge is 0.317 e. The van der Waals surface area contributed by atoms with E-state index in [2.05, 4.69) is 39.4 Å². The maximum Gasteiger partial charge on any atom is 0.0803 e. The topological polar surface area (TPSA) is 41.0 Å². The Bertz CT molecular complexity index is 600. The van der Waals surface area contributed by atoms with Crippen LogP contribution in [0.2, 0.25) is 5.02 Å². The predicted octanol–water partition coefficient (Wildman–Crippen LogP) is 3.57. The van der Waals surface area contributed by atoms with Crippen molar-refractivity contribution in [3.05, 3.63) is 59.1 Å². The Morgan fingerprint density at radius 1 is 1.21 bits per heavy atom. The number of piperidine rings is 1. The van der Waals surface area contributed by atoms with Crippen LogP contribution in [-0.2, 0) is 0 Å². The van der Waals surface area contributed by atoms with Crippen LogP contribution in [0.1, 0.15) is 30.1 Å². The van der Waals surface area contributed by atoms with Crippen LogP contribution in [0.5, 0.6) is 0 Å². The maximum atomic E-state index is 6.05. The number of nitrogens with one attached hydrogen (secondary N) is 1. The van der Waals surface area contributed by atoms with Gasteiger partial charge in [0.15, 0.2) is 0 Å². The number of hydrogen-bond acceptors (Lipinski definition) is 4. The van der Waals surface area contributed by atoms with Gasteiger partial charge in [0.25, 0.3) is 0 Å². The standard InChI is InChI=1S/C18H23ClN4.ClH/c1-23(13-14-6-8-20-9-7-14)18(17-12-21-10-11-22-17)15-2-4-16(19)5-3-15;/h2-5,10-12,14,18,20H,6-9,13H2,1H3;1H. The van der Waals surface area contributed by atoms with E-state index >= 15 is 0 Å². The lowest BCUT2D eigenvalue weighted by Crippen LogP contribution is -2.36. The second kappa shape index (κ2) is 9.33.